The van der Waals surface area contributed by atoms with Gasteiger partial charge in [-0.2, -0.15) is 0 Å². The molecule has 0 aliphatic heterocycles. The molecule has 0 saturated carbocycles. The zero-order chi connectivity index (χ0) is 20.6. The number of benzene rings is 2. The molecular formula is C22H22N4O3. The fraction of sp³-hybridized carbons (Fsp3) is 0.227. The van der Waals surface area contributed by atoms with E-state index in [4.69, 9.17) is 15.9 Å². The summed E-state index contributed by atoms with van der Waals surface area (Å²) < 4.78 is 10.7. The fourth-order valence-corrected chi connectivity index (χ4v) is 2.83. The molecule has 7 nitrogen and oxygen atoms in total. The molecule has 29 heavy (non-hydrogen) atoms. The maximum absolute atomic E-state index is 11.9. The number of nitrogens with one attached hydrogen (secondary N) is 2. The van der Waals surface area contributed by atoms with Crippen LogP contribution in [-0.2, 0) is 4.79 Å². The van der Waals surface area contributed by atoms with E-state index in [1.165, 1.54) is 6.33 Å². The molecule has 2 aromatic carbocycles. The molecule has 2 N–H and O–H groups in total. The van der Waals surface area contributed by atoms with Gasteiger partial charge in [-0.25, -0.2) is 9.97 Å². The zero-order valence-corrected chi connectivity index (χ0v) is 16.4. The van der Waals surface area contributed by atoms with Crippen LogP contribution in [0.25, 0.3) is 10.9 Å². The molecule has 0 bridgehead atoms. The normalized spacial score (nSPS) is 10.2. The first kappa shape index (κ1) is 20.0. The van der Waals surface area contributed by atoms with Crippen LogP contribution < -0.4 is 20.1 Å². The van der Waals surface area contributed by atoms with Crippen LogP contribution in [0.2, 0.25) is 0 Å². The third-order valence-electron chi connectivity index (χ3n) is 4.30. The molecule has 7 heteroatoms. The van der Waals surface area contributed by atoms with Crippen molar-refractivity contribution in [1.82, 2.24) is 9.97 Å². The highest BCUT2D eigenvalue weighted by atomic mass is 16.5. The first-order chi connectivity index (χ1) is 14.1. The number of carbonyl (C=O) groups excluding carboxylic acids is 1. The highest BCUT2D eigenvalue weighted by Gasteiger charge is 2.11. The highest BCUT2D eigenvalue weighted by molar-refractivity contribution is 5.93. The molecule has 0 fully saturated rings. The molecule has 1 amide bonds. The molecule has 0 aliphatic carbocycles. The molecule has 3 aromatic rings. The number of methoxy groups -OCH3 is 2. The lowest BCUT2D eigenvalue weighted by Crippen LogP contribution is -2.10. The molecule has 148 valence electrons. The number of carbonyl (C=O) groups is 1. The van der Waals surface area contributed by atoms with Crippen LogP contribution in [0.3, 0.4) is 0 Å². The summed E-state index contributed by atoms with van der Waals surface area (Å²) in [5, 5.41) is 6.94. The quantitative estimate of drug-likeness (QED) is 0.444. The van der Waals surface area contributed by atoms with Crippen LogP contribution >= 0.6 is 0 Å². The average molecular weight is 390 g/mol. The van der Waals surface area contributed by atoms with Gasteiger partial charge in [0.1, 0.15) is 12.1 Å². The van der Waals surface area contributed by atoms with E-state index in [-0.39, 0.29) is 5.91 Å². The van der Waals surface area contributed by atoms with Gasteiger partial charge in [0.2, 0.25) is 5.91 Å². The standard InChI is InChI=1S/C22H22N4O3/c1-4-5-6-7-21(27)25-15-8-10-16(11-9-15)26-22-17-12-19(28-2)20(29-3)13-18(17)23-14-24-22/h1,8-14H,5-7H2,2-3H3,(H,25,27)(H,23,24,26). The molecule has 0 saturated heterocycles. The van der Waals surface area contributed by atoms with Crippen LogP contribution in [0, 0.1) is 12.3 Å². The lowest BCUT2D eigenvalue weighted by molar-refractivity contribution is -0.116. The van der Waals surface area contributed by atoms with Gasteiger partial charge in [0.05, 0.1) is 19.7 Å². The Morgan fingerprint density at radius 3 is 2.45 bits per heavy atom. The van der Waals surface area contributed by atoms with Crippen molar-refractivity contribution in [2.75, 3.05) is 24.9 Å². The van der Waals surface area contributed by atoms with Gasteiger partial charge in [-0.1, -0.05) is 0 Å². The highest BCUT2D eigenvalue weighted by Crippen LogP contribution is 2.34. The Kier molecular flexibility index (Phi) is 6.48. The maximum Gasteiger partial charge on any atom is 0.224 e. The molecule has 1 aromatic heterocycles. The van der Waals surface area contributed by atoms with Crippen molar-refractivity contribution in [3.05, 3.63) is 42.7 Å². The number of rotatable bonds is 8. The van der Waals surface area contributed by atoms with Crippen LogP contribution in [0.15, 0.2) is 42.7 Å². The molecule has 0 radical (unpaired) electrons. The molecular weight excluding hydrogens is 368 g/mol. The van der Waals surface area contributed by atoms with E-state index in [2.05, 4.69) is 26.5 Å². The van der Waals surface area contributed by atoms with Gasteiger partial charge in [0.15, 0.2) is 11.5 Å². The number of ether oxygens (including phenoxy) is 2. The summed E-state index contributed by atoms with van der Waals surface area (Å²) in [6.07, 6.45) is 8.37. The number of nitrogens with zero attached hydrogens (tertiary/aromatic N) is 2. The van der Waals surface area contributed by atoms with Crippen molar-refractivity contribution >= 4 is 34.0 Å². The van der Waals surface area contributed by atoms with Crippen molar-refractivity contribution < 1.29 is 14.3 Å². The van der Waals surface area contributed by atoms with Gasteiger partial charge in [-0.05, 0) is 36.8 Å². The SMILES string of the molecule is C#CCCCC(=O)Nc1ccc(Nc2ncnc3cc(OC)c(OC)cc23)cc1. The van der Waals surface area contributed by atoms with E-state index >= 15 is 0 Å². The molecule has 0 atom stereocenters. The molecule has 3 rings (SSSR count). The largest absolute Gasteiger partial charge is 0.493 e. The average Bonchev–Trinajstić information content (AvgIpc) is 2.74. The molecule has 0 unspecified atom stereocenters. The van der Waals surface area contributed by atoms with Crippen molar-refractivity contribution in [3.8, 4) is 23.8 Å². The molecule has 0 aliphatic rings. The summed E-state index contributed by atoms with van der Waals surface area (Å²) in [4.78, 5) is 20.5. The number of hydrogen-bond acceptors (Lipinski definition) is 6. The minimum Gasteiger partial charge on any atom is -0.493 e. The van der Waals surface area contributed by atoms with Gasteiger partial charge in [-0.15, -0.1) is 12.3 Å². The minimum absolute atomic E-state index is 0.0520. The van der Waals surface area contributed by atoms with Crippen molar-refractivity contribution in [2.45, 2.75) is 19.3 Å². The third-order valence-corrected chi connectivity index (χ3v) is 4.30. The Morgan fingerprint density at radius 1 is 1.07 bits per heavy atom. The number of unbranched alkanes of at least 4 members (excludes halogenated alkanes) is 1. The van der Waals surface area contributed by atoms with E-state index in [0.717, 1.165) is 22.3 Å². The second kappa shape index (κ2) is 9.42. The van der Waals surface area contributed by atoms with Crippen LogP contribution in [0.1, 0.15) is 19.3 Å². The smallest absolute Gasteiger partial charge is 0.224 e. The van der Waals surface area contributed by atoms with Crippen LogP contribution in [0.4, 0.5) is 17.2 Å². The Bertz CT molecular complexity index is 1040. The van der Waals surface area contributed by atoms with Gasteiger partial charge >= 0.3 is 0 Å². The lowest BCUT2D eigenvalue weighted by atomic mass is 10.2. The monoisotopic (exact) mass is 390 g/mol. The Balaban J connectivity index is 1.75. The Hall–Kier alpha value is -3.79. The van der Waals surface area contributed by atoms with Gasteiger partial charge < -0.3 is 20.1 Å². The first-order valence-corrected chi connectivity index (χ1v) is 9.11. The van der Waals surface area contributed by atoms with Gasteiger partial charge in [-0.3, -0.25) is 4.79 Å². The summed E-state index contributed by atoms with van der Waals surface area (Å²) in [6, 6.07) is 11.0. The molecule has 0 spiro atoms. The lowest BCUT2D eigenvalue weighted by Gasteiger charge is -2.12. The number of terminal acetylenes is 1. The van der Waals surface area contributed by atoms with E-state index in [0.29, 0.717) is 36.6 Å². The number of hydrogen-bond donors (Lipinski definition) is 2. The van der Waals surface area contributed by atoms with Crippen molar-refractivity contribution in [1.29, 1.82) is 0 Å². The van der Waals surface area contributed by atoms with Gasteiger partial charge in [0, 0.05) is 35.7 Å². The predicted octanol–water partition coefficient (Wildman–Crippen LogP) is 4.13. The fourth-order valence-electron chi connectivity index (χ4n) is 2.83. The van der Waals surface area contributed by atoms with E-state index < -0.39 is 0 Å². The van der Waals surface area contributed by atoms with E-state index in [1.54, 1.807) is 20.3 Å². The van der Waals surface area contributed by atoms with Crippen LogP contribution in [-0.4, -0.2) is 30.1 Å². The Morgan fingerprint density at radius 2 is 1.76 bits per heavy atom. The number of amides is 1. The predicted molar refractivity (Wildman–Crippen MR) is 114 cm³/mol. The number of anilines is 3. The Labute approximate surface area is 169 Å². The van der Waals surface area contributed by atoms with Crippen molar-refractivity contribution in [3.63, 3.8) is 0 Å². The first-order valence-electron chi connectivity index (χ1n) is 9.11. The van der Waals surface area contributed by atoms with Gasteiger partial charge in [0.25, 0.3) is 0 Å². The number of aromatic nitrogens is 2. The maximum atomic E-state index is 11.9. The molecule has 1 heterocycles. The summed E-state index contributed by atoms with van der Waals surface area (Å²) >= 11 is 0. The van der Waals surface area contributed by atoms with Crippen molar-refractivity contribution in [2.24, 2.45) is 0 Å². The number of fused-ring (bicyclic) bond motifs is 1. The third kappa shape index (κ3) is 4.93. The second-order valence-electron chi connectivity index (χ2n) is 6.25. The summed E-state index contributed by atoms with van der Waals surface area (Å²) in [5.74, 6) is 4.32. The van der Waals surface area contributed by atoms with E-state index in [9.17, 15) is 4.79 Å². The summed E-state index contributed by atoms with van der Waals surface area (Å²) in [7, 11) is 3.17. The van der Waals surface area contributed by atoms with Crippen LogP contribution in [0.5, 0.6) is 11.5 Å². The zero-order valence-electron chi connectivity index (χ0n) is 16.4. The summed E-state index contributed by atoms with van der Waals surface area (Å²) in [5.41, 5.74) is 2.28. The van der Waals surface area contributed by atoms with E-state index in [1.807, 2.05) is 30.3 Å². The topological polar surface area (TPSA) is 85.4 Å². The summed E-state index contributed by atoms with van der Waals surface area (Å²) in [6.45, 7) is 0. The second-order valence-corrected chi connectivity index (χ2v) is 6.25. The minimum atomic E-state index is -0.0520.